The van der Waals surface area contributed by atoms with Crippen LogP contribution >= 0.6 is 11.6 Å². The van der Waals surface area contributed by atoms with Crippen LogP contribution in [-0.4, -0.2) is 88.3 Å². The smallest absolute Gasteiger partial charge is 0.256 e. The molecular formula is C37H58ClN7O5. The molecule has 50 heavy (non-hydrogen) atoms. The number of nitrogens with one attached hydrogen (secondary N) is 3. The Balaban J connectivity index is 0.000000162. The van der Waals surface area contributed by atoms with Crippen LogP contribution in [0.4, 0.5) is 0 Å². The van der Waals surface area contributed by atoms with E-state index in [4.69, 9.17) is 22.1 Å². The minimum absolute atomic E-state index is 0.0392. The Labute approximate surface area is 301 Å². The molecule has 9 fully saturated rings. The van der Waals surface area contributed by atoms with Gasteiger partial charge in [0.05, 0.1) is 24.4 Å². The molecule has 8 aliphatic carbocycles. The van der Waals surface area contributed by atoms with Crippen molar-refractivity contribution >= 4 is 35.2 Å². The Bertz CT molecular complexity index is 1420. The molecule has 0 aromatic carbocycles. The lowest BCUT2D eigenvalue weighted by atomic mass is 9.51. The van der Waals surface area contributed by atoms with Gasteiger partial charge in [0.2, 0.25) is 17.7 Å². The van der Waals surface area contributed by atoms with Crippen molar-refractivity contribution in [1.29, 1.82) is 0 Å². The monoisotopic (exact) mass is 715 g/mol. The predicted molar refractivity (Wildman–Crippen MR) is 190 cm³/mol. The maximum absolute atomic E-state index is 12.9. The fourth-order valence-electron chi connectivity index (χ4n) is 11.4. The van der Waals surface area contributed by atoms with Crippen LogP contribution in [0.15, 0.2) is 6.20 Å². The summed E-state index contributed by atoms with van der Waals surface area (Å²) >= 11 is 6.40. The molecule has 1 aromatic heterocycles. The number of nitrogens with two attached hydrogens (primary N) is 1. The zero-order valence-electron chi connectivity index (χ0n) is 30.5. The SMILES string of the molecule is CC(=O)NC12CC3CC(C1)C(N)C(C3)C2.CN1CCCC1=O.COC(C)Cn1ncc(C(=O)NC2C3CC4CC2CC(NC(C)=O)(C4)C3)c1Cl. The van der Waals surface area contributed by atoms with Crippen LogP contribution in [0.25, 0.3) is 0 Å². The Kier molecular flexibility index (Phi) is 10.9. The van der Waals surface area contributed by atoms with Gasteiger partial charge in [-0.15, -0.1) is 0 Å². The van der Waals surface area contributed by atoms with Crippen molar-refractivity contribution in [3.05, 3.63) is 16.9 Å². The lowest BCUT2D eigenvalue weighted by Crippen LogP contribution is -2.66. The van der Waals surface area contributed by atoms with Gasteiger partial charge in [-0.2, -0.15) is 5.10 Å². The predicted octanol–water partition coefficient (Wildman–Crippen LogP) is 3.65. The van der Waals surface area contributed by atoms with Crippen molar-refractivity contribution < 1.29 is 23.9 Å². The molecule has 12 nitrogen and oxygen atoms in total. The second-order valence-electron chi connectivity index (χ2n) is 16.9. The van der Waals surface area contributed by atoms with Crippen molar-refractivity contribution in [1.82, 2.24) is 30.6 Å². The topological polar surface area (TPSA) is 161 Å². The highest BCUT2D eigenvalue weighted by molar-refractivity contribution is 6.32. The number of halogens is 1. The van der Waals surface area contributed by atoms with E-state index in [2.05, 4.69) is 21.0 Å². The summed E-state index contributed by atoms with van der Waals surface area (Å²) in [5.41, 5.74) is 6.71. The molecule has 2 heterocycles. The molecule has 1 aliphatic heterocycles. The molecule has 8 saturated carbocycles. The van der Waals surface area contributed by atoms with Crippen molar-refractivity contribution in [2.24, 2.45) is 41.2 Å². The highest BCUT2D eigenvalue weighted by Crippen LogP contribution is 2.56. The van der Waals surface area contributed by atoms with Crippen LogP contribution in [0.5, 0.6) is 0 Å². The molecule has 13 heteroatoms. The number of nitrogens with zero attached hydrogens (tertiary/aromatic N) is 3. The summed E-state index contributed by atoms with van der Waals surface area (Å²) in [6.07, 6.45) is 14.6. The van der Waals surface area contributed by atoms with E-state index in [1.54, 1.807) is 30.5 Å². The molecule has 0 radical (unpaired) electrons. The van der Waals surface area contributed by atoms with Gasteiger partial charge in [0.1, 0.15) is 5.15 Å². The van der Waals surface area contributed by atoms with E-state index in [9.17, 15) is 19.2 Å². The highest BCUT2D eigenvalue weighted by Gasteiger charge is 2.56. The molecule has 10 rings (SSSR count). The van der Waals surface area contributed by atoms with E-state index in [0.29, 0.717) is 58.8 Å². The maximum Gasteiger partial charge on any atom is 0.256 e. The van der Waals surface area contributed by atoms with Gasteiger partial charge in [0.15, 0.2) is 0 Å². The van der Waals surface area contributed by atoms with Crippen molar-refractivity contribution in [3.63, 3.8) is 0 Å². The van der Waals surface area contributed by atoms with E-state index < -0.39 is 0 Å². The number of likely N-dealkylation sites (tertiary alicyclic amines) is 1. The second-order valence-corrected chi connectivity index (χ2v) is 17.3. The van der Waals surface area contributed by atoms with E-state index in [0.717, 1.165) is 70.3 Å². The minimum atomic E-state index is -0.160. The molecule has 1 aromatic rings. The fraction of sp³-hybridized carbons (Fsp3) is 0.811. The Morgan fingerprint density at radius 3 is 1.92 bits per heavy atom. The van der Waals surface area contributed by atoms with E-state index >= 15 is 0 Å². The number of carbonyl (C=O) groups is 4. The molecule has 0 spiro atoms. The van der Waals surface area contributed by atoms with Crippen LogP contribution in [-0.2, 0) is 25.7 Å². The third-order valence-electron chi connectivity index (χ3n) is 13.0. The molecular weight excluding hydrogens is 658 g/mol. The van der Waals surface area contributed by atoms with Gasteiger partial charge in [0.25, 0.3) is 5.91 Å². The average Bonchev–Trinajstić information content (AvgIpc) is 3.59. The number of amides is 4. The summed E-state index contributed by atoms with van der Waals surface area (Å²) in [7, 11) is 3.48. The van der Waals surface area contributed by atoms with Gasteiger partial charge < -0.3 is 31.3 Å². The van der Waals surface area contributed by atoms with Crippen LogP contribution in [0.1, 0.15) is 108 Å². The number of carbonyl (C=O) groups excluding carboxylic acids is 4. The molecule has 5 unspecified atom stereocenters. The fourth-order valence-corrected chi connectivity index (χ4v) is 11.6. The molecule has 5 N–H and O–H groups in total. The number of methoxy groups -OCH3 is 1. The van der Waals surface area contributed by atoms with Crippen molar-refractivity contribution in [3.8, 4) is 0 Å². The number of hydrogen-bond acceptors (Lipinski definition) is 7. The first kappa shape index (κ1) is 37.1. The zero-order valence-corrected chi connectivity index (χ0v) is 31.3. The molecule has 278 valence electrons. The summed E-state index contributed by atoms with van der Waals surface area (Å²) in [6.45, 7) is 6.62. The molecule has 9 aliphatic rings. The quantitative estimate of drug-likeness (QED) is 0.335. The maximum atomic E-state index is 12.9. The van der Waals surface area contributed by atoms with Gasteiger partial charge in [-0.05, 0) is 113 Å². The van der Waals surface area contributed by atoms with Crippen LogP contribution < -0.4 is 21.7 Å². The van der Waals surface area contributed by atoms with Gasteiger partial charge >= 0.3 is 0 Å². The van der Waals surface area contributed by atoms with Gasteiger partial charge in [-0.3, -0.25) is 23.9 Å². The van der Waals surface area contributed by atoms with E-state index in [-0.39, 0.29) is 40.9 Å². The van der Waals surface area contributed by atoms with Gasteiger partial charge in [-0.25, -0.2) is 0 Å². The summed E-state index contributed by atoms with van der Waals surface area (Å²) in [5.74, 6) is 3.94. The Morgan fingerprint density at radius 1 is 0.960 bits per heavy atom. The first-order valence-electron chi connectivity index (χ1n) is 18.8. The molecule has 5 atom stereocenters. The minimum Gasteiger partial charge on any atom is -0.380 e. The Morgan fingerprint density at radius 2 is 1.48 bits per heavy atom. The van der Waals surface area contributed by atoms with E-state index in [1.807, 2.05) is 14.0 Å². The van der Waals surface area contributed by atoms with E-state index in [1.165, 1.54) is 25.5 Å². The highest BCUT2D eigenvalue weighted by atomic mass is 35.5. The molecule has 8 bridgehead atoms. The molecule has 1 saturated heterocycles. The Hall–Kier alpha value is -2.70. The van der Waals surface area contributed by atoms with Crippen molar-refractivity contribution in [2.75, 3.05) is 20.7 Å². The van der Waals surface area contributed by atoms with Crippen molar-refractivity contribution in [2.45, 2.75) is 134 Å². The molecule has 4 amide bonds. The summed E-state index contributed by atoms with van der Waals surface area (Å²) in [4.78, 5) is 48.2. The van der Waals surface area contributed by atoms with Gasteiger partial charge in [-0.1, -0.05) is 11.6 Å². The summed E-state index contributed by atoms with van der Waals surface area (Å²) in [5, 5.41) is 14.3. The van der Waals surface area contributed by atoms with Crippen LogP contribution in [0.3, 0.4) is 0 Å². The normalized spacial score (nSPS) is 37.7. The van der Waals surface area contributed by atoms with Crippen LogP contribution in [0.2, 0.25) is 5.15 Å². The summed E-state index contributed by atoms with van der Waals surface area (Å²) in [6, 6.07) is 0.548. The first-order chi connectivity index (χ1) is 23.7. The third kappa shape index (κ3) is 7.87. The second kappa shape index (κ2) is 14.7. The largest absolute Gasteiger partial charge is 0.380 e. The standard InChI is InChI=1S/C20H29ClN4O3.C12H20N2O.C5H9NO/c1-11(28-3)10-25-18(21)16(9-22-25)19(27)23-17-14-4-13-5-15(17)8-20(6-13,7-14)24-12(2)26;1-7(15)14-12-4-8-2-9(5-12)11(13)10(3-8)6-12;1-6-4-2-3-5(6)7/h9,11,13-15,17H,4-8,10H2,1-3H3,(H,23,27)(H,24,26);8-11H,2-6,13H2,1H3,(H,14,15);2-4H2,1H3. The van der Waals surface area contributed by atoms with Crippen LogP contribution in [0, 0.1) is 35.5 Å². The third-order valence-corrected chi connectivity index (χ3v) is 13.4. The average molecular weight is 716 g/mol. The zero-order chi connectivity index (χ0) is 36.0. The lowest BCUT2D eigenvalue weighted by molar-refractivity contribution is -0.127. The van der Waals surface area contributed by atoms with Gasteiger partial charge in [0, 0.05) is 64.1 Å². The first-order valence-corrected chi connectivity index (χ1v) is 19.2. The lowest BCUT2D eigenvalue weighted by Gasteiger charge is -2.60. The number of aromatic nitrogens is 2. The number of hydrogen-bond donors (Lipinski definition) is 4. The number of rotatable bonds is 7. The number of ether oxygens (including phenoxy) is 1. The summed E-state index contributed by atoms with van der Waals surface area (Å²) < 4.78 is 6.86.